The van der Waals surface area contributed by atoms with Crippen LogP contribution in [0.5, 0.6) is 0 Å². The highest BCUT2D eigenvalue weighted by molar-refractivity contribution is 7.89. The first-order valence-corrected chi connectivity index (χ1v) is 10.3. The lowest BCUT2D eigenvalue weighted by atomic mass is 10.0. The van der Waals surface area contributed by atoms with Gasteiger partial charge < -0.3 is 5.32 Å². The standard InChI is InChI=1S/C20H26N2O2S/c1-16-5-7-18(8-6-16)14-21-19-9-11-20(12-10-19)25(23,24)22-13-3-4-17(2)15-22/h5-12,17,21H,3-4,13-15H2,1-2H3. The molecule has 0 spiro atoms. The molecular formula is C20H26N2O2S. The molecule has 134 valence electrons. The predicted octanol–water partition coefficient (Wildman–Crippen LogP) is 4.03. The van der Waals surface area contributed by atoms with Gasteiger partial charge in [-0.05, 0) is 55.5 Å². The molecule has 0 aromatic heterocycles. The molecule has 3 rings (SSSR count). The largest absolute Gasteiger partial charge is 0.381 e. The van der Waals surface area contributed by atoms with Crippen LogP contribution in [0.2, 0.25) is 0 Å². The number of nitrogens with zero attached hydrogens (tertiary/aromatic N) is 1. The molecule has 25 heavy (non-hydrogen) atoms. The minimum absolute atomic E-state index is 0.377. The Morgan fingerprint density at radius 2 is 1.76 bits per heavy atom. The molecule has 1 heterocycles. The monoisotopic (exact) mass is 358 g/mol. The zero-order chi connectivity index (χ0) is 17.9. The van der Waals surface area contributed by atoms with Crippen molar-refractivity contribution < 1.29 is 8.42 Å². The maximum Gasteiger partial charge on any atom is 0.243 e. The molecular weight excluding hydrogens is 332 g/mol. The quantitative estimate of drug-likeness (QED) is 0.878. The molecule has 1 aliphatic heterocycles. The number of anilines is 1. The third-order valence-corrected chi connectivity index (χ3v) is 6.61. The summed E-state index contributed by atoms with van der Waals surface area (Å²) in [5, 5.41) is 3.34. The van der Waals surface area contributed by atoms with E-state index in [9.17, 15) is 8.42 Å². The van der Waals surface area contributed by atoms with Crippen molar-refractivity contribution in [2.24, 2.45) is 5.92 Å². The second kappa shape index (κ2) is 7.58. The van der Waals surface area contributed by atoms with Crippen molar-refractivity contribution in [3.05, 3.63) is 59.7 Å². The van der Waals surface area contributed by atoms with Gasteiger partial charge in [0, 0.05) is 25.3 Å². The molecule has 1 fully saturated rings. The number of aryl methyl sites for hydroxylation is 1. The van der Waals surface area contributed by atoms with E-state index in [0.717, 1.165) is 25.1 Å². The third kappa shape index (κ3) is 4.41. The molecule has 1 aliphatic rings. The lowest BCUT2D eigenvalue weighted by Crippen LogP contribution is -2.39. The van der Waals surface area contributed by atoms with Gasteiger partial charge in [-0.15, -0.1) is 0 Å². The molecule has 2 aromatic rings. The van der Waals surface area contributed by atoms with E-state index in [4.69, 9.17) is 0 Å². The second-order valence-electron chi connectivity index (χ2n) is 6.97. The van der Waals surface area contributed by atoms with E-state index in [1.165, 1.54) is 11.1 Å². The fourth-order valence-electron chi connectivity index (χ4n) is 3.17. The van der Waals surface area contributed by atoms with Gasteiger partial charge in [0.2, 0.25) is 10.0 Å². The highest BCUT2D eigenvalue weighted by Crippen LogP contribution is 2.24. The summed E-state index contributed by atoms with van der Waals surface area (Å²) in [5.41, 5.74) is 3.36. The first-order valence-electron chi connectivity index (χ1n) is 8.85. The van der Waals surface area contributed by atoms with Crippen LogP contribution in [0.15, 0.2) is 53.4 Å². The highest BCUT2D eigenvalue weighted by atomic mass is 32.2. The van der Waals surface area contributed by atoms with Crippen LogP contribution in [-0.2, 0) is 16.6 Å². The molecule has 4 nitrogen and oxygen atoms in total. The van der Waals surface area contributed by atoms with Crippen molar-refractivity contribution in [1.29, 1.82) is 0 Å². The van der Waals surface area contributed by atoms with E-state index in [1.54, 1.807) is 16.4 Å². The SMILES string of the molecule is Cc1ccc(CNc2ccc(S(=O)(=O)N3CCCC(C)C3)cc2)cc1. The van der Waals surface area contributed by atoms with Gasteiger partial charge in [0.15, 0.2) is 0 Å². The minimum Gasteiger partial charge on any atom is -0.381 e. The molecule has 2 aromatic carbocycles. The van der Waals surface area contributed by atoms with Crippen molar-refractivity contribution in [1.82, 2.24) is 4.31 Å². The summed E-state index contributed by atoms with van der Waals surface area (Å²) in [6.07, 6.45) is 2.05. The summed E-state index contributed by atoms with van der Waals surface area (Å²) in [6, 6.07) is 15.5. The number of rotatable bonds is 5. The lowest BCUT2D eigenvalue weighted by Gasteiger charge is -2.30. The molecule has 0 bridgehead atoms. The van der Waals surface area contributed by atoms with Gasteiger partial charge in [-0.25, -0.2) is 8.42 Å². The van der Waals surface area contributed by atoms with Crippen LogP contribution < -0.4 is 5.32 Å². The summed E-state index contributed by atoms with van der Waals surface area (Å²) in [6.45, 7) is 6.14. The van der Waals surface area contributed by atoms with E-state index >= 15 is 0 Å². The number of nitrogens with one attached hydrogen (secondary N) is 1. The Morgan fingerprint density at radius 1 is 1.08 bits per heavy atom. The molecule has 0 amide bonds. The maximum atomic E-state index is 12.8. The average molecular weight is 359 g/mol. The van der Waals surface area contributed by atoms with Crippen molar-refractivity contribution in [2.45, 2.75) is 38.1 Å². The van der Waals surface area contributed by atoms with Crippen LogP contribution in [0.1, 0.15) is 30.9 Å². The molecule has 1 N–H and O–H groups in total. The van der Waals surface area contributed by atoms with Gasteiger partial charge >= 0.3 is 0 Å². The average Bonchev–Trinajstić information content (AvgIpc) is 2.62. The van der Waals surface area contributed by atoms with E-state index < -0.39 is 10.0 Å². The number of sulfonamides is 1. The normalized spacial score (nSPS) is 18.9. The Labute approximate surface area is 150 Å². The Hall–Kier alpha value is -1.85. The van der Waals surface area contributed by atoms with E-state index in [0.29, 0.717) is 23.9 Å². The zero-order valence-electron chi connectivity index (χ0n) is 14.9. The summed E-state index contributed by atoms with van der Waals surface area (Å²) in [5.74, 6) is 0.430. The molecule has 1 saturated heterocycles. The number of benzene rings is 2. The summed E-state index contributed by atoms with van der Waals surface area (Å²) < 4.78 is 27.1. The Morgan fingerprint density at radius 3 is 2.40 bits per heavy atom. The highest BCUT2D eigenvalue weighted by Gasteiger charge is 2.28. The number of piperidine rings is 1. The van der Waals surface area contributed by atoms with Crippen LogP contribution in [0, 0.1) is 12.8 Å². The lowest BCUT2D eigenvalue weighted by molar-refractivity contribution is 0.281. The third-order valence-electron chi connectivity index (χ3n) is 4.73. The van der Waals surface area contributed by atoms with Gasteiger partial charge in [-0.3, -0.25) is 0 Å². The first-order chi connectivity index (χ1) is 11.9. The smallest absolute Gasteiger partial charge is 0.243 e. The molecule has 0 aliphatic carbocycles. The van der Waals surface area contributed by atoms with E-state index in [-0.39, 0.29) is 0 Å². The fraction of sp³-hybridized carbons (Fsp3) is 0.400. The first kappa shape index (κ1) is 18.0. The Kier molecular flexibility index (Phi) is 5.45. The molecule has 0 radical (unpaired) electrons. The second-order valence-corrected chi connectivity index (χ2v) is 8.91. The summed E-state index contributed by atoms with van der Waals surface area (Å²) in [4.78, 5) is 0.377. The molecule has 5 heteroatoms. The minimum atomic E-state index is -3.38. The van der Waals surface area contributed by atoms with Crippen LogP contribution in [0.25, 0.3) is 0 Å². The van der Waals surface area contributed by atoms with Gasteiger partial charge in [0.1, 0.15) is 0 Å². The van der Waals surface area contributed by atoms with E-state index in [2.05, 4.69) is 43.4 Å². The predicted molar refractivity (Wildman–Crippen MR) is 102 cm³/mol. The van der Waals surface area contributed by atoms with Gasteiger partial charge in [-0.2, -0.15) is 4.31 Å². The van der Waals surface area contributed by atoms with Crippen molar-refractivity contribution >= 4 is 15.7 Å². The van der Waals surface area contributed by atoms with Crippen LogP contribution >= 0.6 is 0 Å². The molecule has 0 saturated carbocycles. The van der Waals surface area contributed by atoms with Crippen molar-refractivity contribution in [3.8, 4) is 0 Å². The topological polar surface area (TPSA) is 49.4 Å². The van der Waals surface area contributed by atoms with E-state index in [1.807, 2.05) is 12.1 Å². The molecule has 1 atom stereocenters. The summed E-state index contributed by atoms with van der Waals surface area (Å²) in [7, 11) is -3.38. The molecule has 1 unspecified atom stereocenters. The maximum absolute atomic E-state index is 12.8. The van der Waals surface area contributed by atoms with Gasteiger partial charge in [0.25, 0.3) is 0 Å². The van der Waals surface area contributed by atoms with Crippen molar-refractivity contribution in [3.63, 3.8) is 0 Å². The number of hydrogen-bond acceptors (Lipinski definition) is 3. The van der Waals surface area contributed by atoms with Crippen LogP contribution in [0.4, 0.5) is 5.69 Å². The van der Waals surface area contributed by atoms with Gasteiger partial charge in [-0.1, -0.05) is 36.8 Å². The van der Waals surface area contributed by atoms with Crippen LogP contribution in [0.3, 0.4) is 0 Å². The Balaban J connectivity index is 1.66. The summed E-state index contributed by atoms with van der Waals surface area (Å²) >= 11 is 0. The zero-order valence-corrected chi connectivity index (χ0v) is 15.7. The fourth-order valence-corrected chi connectivity index (χ4v) is 4.77. The van der Waals surface area contributed by atoms with Crippen molar-refractivity contribution in [2.75, 3.05) is 18.4 Å². The van der Waals surface area contributed by atoms with Gasteiger partial charge in [0.05, 0.1) is 4.90 Å². The number of hydrogen-bond donors (Lipinski definition) is 1. The van der Waals surface area contributed by atoms with Crippen LogP contribution in [-0.4, -0.2) is 25.8 Å². The Bertz CT molecular complexity index is 799.